The van der Waals surface area contributed by atoms with Gasteiger partial charge in [0.1, 0.15) is 5.75 Å². The van der Waals surface area contributed by atoms with E-state index in [9.17, 15) is 10.2 Å². The van der Waals surface area contributed by atoms with Crippen LogP contribution in [-0.2, 0) is 6.42 Å². The molecular formula is C19H25NO2. The zero-order chi connectivity index (χ0) is 15.9. The molecule has 2 rings (SSSR count). The van der Waals surface area contributed by atoms with Gasteiger partial charge in [0.05, 0.1) is 6.10 Å². The zero-order valence-electron chi connectivity index (χ0n) is 13.3. The maximum atomic E-state index is 10.3. The number of aryl methyl sites for hydroxylation is 2. The van der Waals surface area contributed by atoms with Gasteiger partial charge in [-0.1, -0.05) is 42.5 Å². The van der Waals surface area contributed by atoms with Gasteiger partial charge in [0, 0.05) is 6.04 Å². The molecule has 0 aliphatic rings. The van der Waals surface area contributed by atoms with Crippen LogP contribution in [0.2, 0.25) is 0 Å². The molecule has 0 heterocycles. The van der Waals surface area contributed by atoms with Gasteiger partial charge in [-0.3, -0.25) is 0 Å². The maximum Gasteiger partial charge on any atom is 0.118 e. The minimum absolute atomic E-state index is 0.0575. The molecule has 0 bridgehead atoms. The Balaban J connectivity index is 1.78. The van der Waals surface area contributed by atoms with E-state index in [2.05, 4.69) is 29.6 Å². The average molecular weight is 299 g/mol. The Kier molecular flexibility index (Phi) is 5.99. The van der Waals surface area contributed by atoms with Crippen molar-refractivity contribution in [2.24, 2.45) is 0 Å². The normalized spacial score (nSPS) is 13.8. The highest BCUT2D eigenvalue weighted by atomic mass is 16.3. The van der Waals surface area contributed by atoms with E-state index in [0.717, 1.165) is 30.5 Å². The first kappa shape index (κ1) is 16.5. The summed E-state index contributed by atoms with van der Waals surface area (Å²) in [6.07, 6.45) is 1.44. The number of aliphatic hydroxyl groups excluding tert-OH is 1. The van der Waals surface area contributed by atoms with Crippen LogP contribution in [0.4, 0.5) is 0 Å². The average Bonchev–Trinajstić information content (AvgIpc) is 2.54. The van der Waals surface area contributed by atoms with Crippen molar-refractivity contribution >= 4 is 0 Å². The molecule has 118 valence electrons. The van der Waals surface area contributed by atoms with Crippen molar-refractivity contribution in [3.63, 3.8) is 0 Å². The molecule has 0 aliphatic carbocycles. The van der Waals surface area contributed by atoms with Crippen LogP contribution in [0.25, 0.3) is 0 Å². The molecular weight excluding hydrogens is 274 g/mol. The van der Waals surface area contributed by atoms with Crippen LogP contribution < -0.4 is 5.32 Å². The molecule has 3 nitrogen and oxygen atoms in total. The van der Waals surface area contributed by atoms with E-state index in [1.807, 2.05) is 32.0 Å². The van der Waals surface area contributed by atoms with E-state index in [-0.39, 0.29) is 11.8 Å². The highest BCUT2D eigenvalue weighted by Gasteiger charge is 2.16. The zero-order valence-corrected chi connectivity index (χ0v) is 13.3. The fraction of sp³-hybridized carbons (Fsp3) is 0.368. The first-order valence-corrected chi connectivity index (χ1v) is 7.83. The van der Waals surface area contributed by atoms with Crippen molar-refractivity contribution in [2.75, 3.05) is 6.54 Å². The van der Waals surface area contributed by atoms with Crippen molar-refractivity contribution in [2.45, 2.75) is 38.8 Å². The molecule has 0 aromatic heterocycles. The minimum atomic E-state index is -0.622. The van der Waals surface area contributed by atoms with E-state index < -0.39 is 6.10 Å². The van der Waals surface area contributed by atoms with Gasteiger partial charge in [-0.15, -0.1) is 0 Å². The second-order valence-corrected chi connectivity index (χ2v) is 5.82. The van der Waals surface area contributed by atoms with E-state index in [0.29, 0.717) is 0 Å². The van der Waals surface area contributed by atoms with Gasteiger partial charge >= 0.3 is 0 Å². The quantitative estimate of drug-likeness (QED) is 0.687. The number of hydrogen-bond donors (Lipinski definition) is 3. The lowest BCUT2D eigenvalue weighted by Gasteiger charge is -2.21. The number of aliphatic hydroxyl groups is 1. The molecule has 0 amide bonds. The fourth-order valence-corrected chi connectivity index (χ4v) is 2.48. The number of rotatable bonds is 7. The molecule has 3 N–H and O–H groups in total. The smallest absolute Gasteiger partial charge is 0.118 e. The highest BCUT2D eigenvalue weighted by molar-refractivity contribution is 5.36. The van der Waals surface area contributed by atoms with Gasteiger partial charge in [0.15, 0.2) is 0 Å². The van der Waals surface area contributed by atoms with Crippen molar-refractivity contribution in [3.8, 4) is 5.75 Å². The standard InChI is InChI=1S/C19H25NO2/c1-14-10-11-17(13-18(14)21)19(22)15(2)20-12-6-9-16-7-4-3-5-8-16/h3-5,7-8,10-11,13,15,19-22H,6,9,12H2,1-2H3/t15-,19-/m0/s1. The molecule has 3 heteroatoms. The van der Waals surface area contributed by atoms with Crippen LogP contribution in [0, 0.1) is 6.92 Å². The third-order valence-electron chi connectivity index (χ3n) is 4.00. The van der Waals surface area contributed by atoms with Crippen LogP contribution in [0.15, 0.2) is 48.5 Å². The number of nitrogens with one attached hydrogen (secondary N) is 1. The van der Waals surface area contributed by atoms with Crippen LogP contribution in [0.3, 0.4) is 0 Å². The Labute approximate surface area is 132 Å². The number of phenols is 1. The summed E-state index contributed by atoms with van der Waals surface area (Å²) in [6.45, 7) is 4.66. The third-order valence-corrected chi connectivity index (χ3v) is 4.00. The molecule has 0 radical (unpaired) electrons. The summed E-state index contributed by atoms with van der Waals surface area (Å²) in [4.78, 5) is 0. The molecule has 0 spiro atoms. The maximum absolute atomic E-state index is 10.3. The monoisotopic (exact) mass is 299 g/mol. The summed E-state index contributed by atoms with van der Waals surface area (Å²) in [7, 11) is 0. The second kappa shape index (κ2) is 7.97. The number of hydrogen-bond acceptors (Lipinski definition) is 3. The van der Waals surface area contributed by atoms with Gasteiger partial charge in [-0.2, -0.15) is 0 Å². The molecule has 2 atom stereocenters. The van der Waals surface area contributed by atoms with Gasteiger partial charge < -0.3 is 15.5 Å². The molecule has 22 heavy (non-hydrogen) atoms. The summed E-state index contributed by atoms with van der Waals surface area (Å²) in [5.41, 5.74) is 2.89. The Morgan fingerprint density at radius 1 is 1.09 bits per heavy atom. The summed E-state index contributed by atoms with van der Waals surface area (Å²) in [5.74, 6) is 0.229. The largest absolute Gasteiger partial charge is 0.508 e. The molecule has 0 unspecified atom stereocenters. The molecule has 0 saturated carbocycles. The molecule has 2 aromatic carbocycles. The lowest BCUT2D eigenvalue weighted by molar-refractivity contribution is 0.136. The lowest BCUT2D eigenvalue weighted by atomic mass is 10.0. The van der Waals surface area contributed by atoms with Crippen LogP contribution >= 0.6 is 0 Å². The Bertz CT molecular complexity index is 583. The van der Waals surface area contributed by atoms with Crippen molar-refractivity contribution in [3.05, 3.63) is 65.2 Å². The van der Waals surface area contributed by atoms with Crippen LogP contribution in [-0.4, -0.2) is 22.8 Å². The van der Waals surface area contributed by atoms with Crippen molar-refractivity contribution in [1.82, 2.24) is 5.32 Å². The minimum Gasteiger partial charge on any atom is -0.508 e. The van der Waals surface area contributed by atoms with Crippen LogP contribution in [0.1, 0.15) is 36.1 Å². The topological polar surface area (TPSA) is 52.5 Å². The summed E-state index contributed by atoms with van der Waals surface area (Å²) < 4.78 is 0. The summed E-state index contributed by atoms with van der Waals surface area (Å²) >= 11 is 0. The highest BCUT2D eigenvalue weighted by Crippen LogP contribution is 2.24. The predicted octanol–water partition coefficient (Wildman–Crippen LogP) is 3.34. The van der Waals surface area contributed by atoms with Crippen LogP contribution in [0.5, 0.6) is 5.75 Å². The SMILES string of the molecule is Cc1ccc([C@@H](O)[C@H](C)NCCCc2ccccc2)cc1O. The first-order valence-electron chi connectivity index (χ1n) is 7.83. The van der Waals surface area contributed by atoms with E-state index in [1.165, 1.54) is 5.56 Å². The predicted molar refractivity (Wildman–Crippen MR) is 90.0 cm³/mol. The van der Waals surface area contributed by atoms with Crippen molar-refractivity contribution in [1.29, 1.82) is 0 Å². The van der Waals surface area contributed by atoms with Crippen molar-refractivity contribution < 1.29 is 10.2 Å². The van der Waals surface area contributed by atoms with E-state index in [4.69, 9.17) is 0 Å². The lowest BCUT2D eigenvalue weighted by Crippen LogP contribution is -2.33. The van der Waals surface area contributed by atoms with E-state index >= 15 is 0 Å². The summed E-state index contributed by atoms with van der Waals surface area (Å²) in [5, 5.41) is 23.4. The molecule has 2 aromatic rings. The number of benzene rings is 2. The third kappa shape index (κ3) is 4.58. The Morgan fingerprint density at radius 3 is 2.50 bits per heavy atom. The van der Waals surface area contributed by atoms with Gasteiger partial charge in [-0.25, -0.2) is 0 Å². The first-order chi connectivity index (χ1) is 10.6. The summed E-state index contributed by atoms with van der Waals surface area (Å²) in [6, 6.07) is 15.7. The molecule has 0 fully saturated rings. The molecule has 0 aliphatic heterocycles. The van der Waals surface area contributed by atoms with Gasteiger partial charge in [-0.05, 0) is 56.0 Å². The number of phenolic OH excluding ortho intramolecular Hbond substituents is 1. The fourth-order valence-electron chi connectivity index (χ4n) is 2.48. The van der Waals surface area contributed by atoms with Gasteiger partial charge in [0.2, 0.25) is 0 Å². The van der Waals surface area contributed by atoms with Gasteiger partial charge in [0.25, 0.3) is 0 Å². The molecule has 0 saturated heterocycles. The number of aromatic hydroxyl groups is 1. The Morgan fingerprint density at radius 2 is 1.82 bits per heavy atom. The van der Waals surface area contributed by atoms with E-state index in [1.54, 1.807) is 6.07 Å². The Hall–Kier alpha value is -1.84. The second-order valence-electron chi connectivity index (χ2n) is 5.82.